The van der Waals surface area contributed by atoms with Crippen LogP contribution in [0.1, 0.15) is 25.0 Å². The van der Waals surface area contributed by atoms with Gasteiger partial charge in [-0.25, -0.2) is 13.1 Å². The monoisotopic (exact) mass is 386 g/mol. The molecule has 8 heteroatoms. The van der Waals surface area contributed by atoms with Crippen molar-refractivity contribution in [3.05, 3.63) is 45.8 Å². The first-order valence-electron chi connectivity index (χ1n) is 7.34. The zero-order valence-electron chi connectivity index (χ0n) is 13.6. The van der Waals surface area contributed by atoms with Crippen molar-refractivity contribution >= 4 is 44.6 Å². The maximum Gasteiger partial charge on any atom is 0.250 e. The molecule has 1 heterocycles. The van der Waals surface area contributed by atoms with E-state index in [0.29, 0.717) is 10.0 Å². The highest BCUT2D eigenvalue weighted by Gasteiger charge is 2.18. The average molecular weight is 387 g/mol. The lowest BCUT2D eigenvalue weighted by molar-refractivity contribution is -0.118. The van der Waals surface area contributed by atoms with E-state index in [1.54, 1.807) is 37.3 Å². The van der Waals surface area contributed by atoms with Crippen LogP contribution in [0.15, 0.2) is 34.5 Å². The zero-order valence-corrected chi connectivity index (χ0v) is 16.0. The Kier molecular flexibility index (Phi) is 6.03. The molecule has 0 bridgehead atoms. The summed E-state index contributed by atoms with van der Waals surface area (Å²) in [5, 5.41) is 2.79. The number of benzene rings is 1. The van der Waals surface area contributed by atoms with Gasteiger partial charge < -0.3 is 5.32 Å². The Morgan fingerprint density at radius 2 is 1.88 bits per heavy atom. The highest BCUT2D eigenvalue weighted by Crippen LogP contribution is 2.30. The molecular weight excluding hydrogens is 368 g/mol. The molecule has 0 spiro atoms. The van der Waals surface area contributed by atoms with Crippen LogP contribution in [0.5, 0.6) is 0 Å². The van der Waals surface area contributed by atoms with Crippen LogP contribution in [0.25, 0.3) is 0 Å². The molecule has 0 saturated heterocycles. The van der Waals surface area contributed by atoms with E-state index in [9.17, 15) is 13.2 Å². The maximum absolute atomic E-state index is 12.2. The molecule has 1 amide bonds. The third-order valence-corrected chi connectivity index (χ3v) is 6.74. The van der Waals surface area contributed by atoms with E-state index in [0.717, 1.165) is 22.5 Å². The van der Waals surface area contributed by atoms with Gasteiger partial charge in [-0.05, 0) is 36.2 Å². The average Bonchev–Trinajstić information content (AvgIpc) is 2.87. The largest absolute Gasteiger partial charge is 0.326 e. The summed E-state index contributed by atoms with van der Waals surface area (Å²) in [5.41, 5.74) is 2.22. The zero-order chi connectivity index (χ0) is 17.9. The van der Waals surface area contributed by atoms with Gasteiger partial charge in [-0.2, -0.15) is 0 Å². The molecule has 2 N–H and O–H groups in total. The van der Waals surface area contributed by atoms with Crippen molar-refractivity contribution in [1.82, 2.24) is 4.72 Å². The highest BCUT2D eigenvalue weighted by molar-refractivity contribution is 7.91. The molecule has 2 aromatic rings. The number of sulfonamides is 1. The van der Waals surface area contributed by atoms with E-state index in [1.165, 1.54) is 0 Å². The molecule has 2 rings (SSSR count). The van der Waals surface area contributed by atoms with Gasteiger partial charge in [0, 0.05) is 18.2 Å². The molecule has 0 radical (unpaired) electrons. The van der Waals surface area contributed by atoms with Gasteiger partial charge in [0.05, 0.1) is 4.34 Å². The summed E-state index contributed by atoms with van der Waals surface area (Å²) in [5.74, 6) is -0.161. The number of amides is 1. The van der Waals surface area contributed by atoms with Crippen LogP contribution in [0.4, 0.5) is 5.69 Å². The van der Waals surface area contributed by atoms with Crippen LogP contribution < -0.4 is 10.0 Å². The van der Waals surface area contributed by atoms with E-state index in [4.69, 9.17) is 11.6 Å². The molecule has 0 fully saturated rings. The number of hydrogen-bond acceptors (Lipinski definition) is 4. The lowest BCUT2D eigenvalue weighted by Crippen LogP contribution is -2.22. The van der Waals surface area contributed by atoms with E-state index in [-0.39, 0.29) is 22.6 Å². The van der Waals surface area contributed by atoms with Crippen molar-refractivity contribution < 1.29 is 13.2 Å². The summed E-state index contributed by atoms with van der Waals surface area (Å²) in [6, 6.07) is 8.59. The van der Waals surface area contributed by atoms with E-state index in [2.05, 4.69) is 10.0 Å². The van der Waals surface area contributed by atoms with E-state index >= 15 is 0 Å². The van der Waals surface area contributed by atoms with Crippen molar-refractivity contribution in [2.45, 2.75) is 31.5 Å². The summed E-state index contributed by atoms with van der Waals surface area (Å²) in [6.07, 6.45) is 0. The summed E-state index contributed by atoms with van der Waals surface area (Å²) >= 11 is 6.96. The van der Waals surface area contributed by atoms with Crippen molar-refractivity contribution in [2.75, 3.05) is 5.32 Å². The number of aryl methyl sites for hydroxylation is 1. The number of nitrogens with one attached hydrogen (secondary N) is 2. The lowest BCUT2D eigenvalue weighted by atomic mass is 10.2. The lowest BCUT2D eigenvalue weighted by Gasteiger charge is -2.09. The van der Waals surface area contributed by atoms with Gasteiger partial charge in [-0.1, -0.05) is 37.6 Å². The van der Waals surface area contributed by atoms with Crippen molar-refractivity contribution in [3.63, 3.8) is 0 Å². The smallest absolute Gasteiger partial charge is 0.250 e. The second-order valence-electron chi connectivity index (χ2n) is 5.69. The van der Waals surface area contributed by atoms with Crippen molar-refractivity contribution in [2.24, 2.45) is 5.92 Å². The van der Waals surface area contributed by atoms with Gasteiger partial charge in [0.15, 0.2) is 0 Å². The second-order valence-corrected chi connectivity index (χ2v) is 9.34. The number of anilines is 1. The van der Waals surface area contributed by atoms with Gasteiger partial charge >= 0.3 is 0 Å². The Balaban J connectivity index is 2.00. The molecule has 130 valence electrons. The molecule has 24 heavy (non-hydrogen) atoms. The van der Waals surface area contributed by atoms with E-state index < -0.39 is 10.0 Å². The van der Waals surface area contributed by atoms with Crippen LogP contribution in [0.2, 0.25) is 4.34 Å². The fourth-order valence-corrected chi connectivity index (χ4v) is 4.58. The van der Waals surface area contributed by atoms with Gasteiger partial charge in [0.25, 0.3) is 0 Å². The highest BCUT2D eigenvalue weighted by atomic mass is 35.5. The molecule has 0 aliphatic carbocycles. The number of carbonyl (C=O) groups is 1. The standard InChI is InChI=1S/C16H19ClN2O3S2/c1-10(2)16(20)19-13-6-4-12(5-7-13)9-18-24(21,22)14-8-11(3)15(17)23-14/h4-8,10,18H,9H2,1-3H3,(H,19,20). The SMILES string of the molecule is Cc1cc(S(=O)(=O)NCc2ccc(NC(=O)C(C)C)cc2)sc1Cl. The summed E-state index contributed by atoms with van der Waals surface area (Å²) in [7, 11) is -3.59. The van der Waals surface area contributed by atoms with Crippen LogP contribution >= 0.6 is 22.9 Å². The quantitative estimate of drug-likeness (QED) is 0.793. The molecular formula is C16H19ClN2O3S2. The third kappa shape index (κ3) is 4.80. The van der Waals surface area contributed by atoms with Crippen LogP contribution in [0.3, 0.4) is 0 Å². The minimum atomic E-state index is -3.59. The second kappa shape index (κ2) is 7.65. The van der Waals surface area contributed by atoms with Crippen molar-refractivity contribution in [1.29, 1.82) is 0 Å². The normalized spacial score (nSPS) is 11.7. The maximum atomic E-state index is 12.2. The van der Waals surface area contributed by atoms with Gasteiger partial charge in [0.2, 0.25) is 15.9 Å². The molecule has 0 atom stereocenters. The van der Waals surface area contributed by atoms with Crippen molar-refractivity contribution in [3.8, 4) is 0 Å². The number of thiophene rings is 1. The number of hydrogen-bond donors (Lipinski definition) is 2. The first kappa shape index (κ1) is 18.9. The fraction of sp³-hybridized carbons (Fsp3) is 0.312. The number of carbonyl (C=O) groups excluding carboxylic acids is 1. The Labute approximate surface area is 151 Å². The molecule has 5 nitrogen and oxygen atoms in total. The van der Waals surface area contributed by atoms with Crippen LogP contribution in [-0.2, 0) is 21.4 Å². The van der Waals surface area contributed by atoms with Crippen LogP contribution in [-0.4, -0.2) is 14.3 Å². The summed E-state index contributed by atoms with van der Waals surface area (Å²) < 4.78 is 27.7. The first-order chi connectivity index (χ1) is 11.2. The summed E-state index contributed by atoms with van der Waals surface area (Å²) in [6.45, 7) is 5.56. The Bertz CT molecular complexity index is 808. The number of rotatable bonds is 6. The Morgan fingerprint density at radius 3 is 2.38 bits per heavy atom. The Morgan fingerprint density at radius 1 is 1.25 bits per heavy atom. The van der Waals surface area contributed by atoms with Crippen LogP contribution in [0, 0.1) is 12.8 Å². The molecule has 0 saturated carbocycles. The number of halogens is 1. The van der Waals surface area contributed by atoms with Gasteiger partial charge in [-0.3, -0.25) is 4.79 Å². The Hall–Kier alpha value is -1.41. The minimum Gasteiger partial charge on any atom is -0.326 e. The summed E-state index contributed by atoms with van der Waals surface area (Å²) in [4.78, 5) is 11.6. The van der Waals surface area contributed by atoms with Gasteiger partial charge in [0.1, 0.15) is 4.21 Å². The van der Waals surface area contributed by atoms with Gasteiger partial charge in [-0.15, -0.1) is 11.3 Å². The predicted molar refractivity (Wildman–Crippen MR) is 98.0 cm³/mol. The third-order valence-electron chi connectivity index (χ3n) is 3.31. The molecule has 0 aliphatic rings. The molecule has 1 aromatic carbocycles. The molecule has 0 aliphatic heterocycles. The predicted octanol–water partition coefficient (Wildman–Crippen LogP) is 3.78. The topological polar surface area (TPSA) is 75.3 Å². The fourth-order valence-electron chi connectivity index (χ4n) is 1.81. The first-order valence-corrected chi connectivity index (χ1v) is 10.0. The molecule has 0 unspecified atom stereocenters. The van der Waals surface area contributed by atoms with E-state index in [1.807, 2.05) is 13.8 Å². The minimum absolute atomic E-state index is 0.0617. The molecule has 1 aromatic heterocycles.